The highest BCUT2D eigenvalue weighted by atomic mass is 35.5. The second-order valence-corrected chi connectivity index (χ2v) is 9.41. The summed E-state index contributed by atoms with van der Waals surface area (Å²) < 4.78 is 0. The Morgan fingerprint density at radius 3 is 2.20 bits per heavy atom. The van der Waals surface area contributed by atoms with Crippen LogP contribution < -0.4 is 22.1 Å². The number of aliphatic imine (C=N–C) groups is 1. The molecule has 0 saturated carbocycles. The first-order valence-corrected chi connectivity index (χ1v) is 12.5. The average Bonchev–Trinajstić information content (AvgIpc) is 2.90. The van der Waals surface area contributed by atoms with Crippen molar-refractivity contribution in [3.8, 4) is 11.1 Å². The Labute approximate surface area is 239 Å². The summed E-state index contributed by atoms with van der Waals surface area (Å²) in [6.07, 6.45) is 0. The summed E-state index contributed by atoms with van der Waals surface area (Å²) in [5.41, 5.74) is 12.7. The minimum atomic E-state index is -1.50. The van der Waals surface area contributed by atoms with Crippen molar-refractivity contribution in [1.29, 1.82) is 0 Å². The lowest BCUT2D eigenvalue weighted by molar-refractivity contribution is -0.139. The molecule has 0 spiro atoms. The lowest BCUT2D eigenvalue weighted by Gasteiger charge is -2.19. The minimum absolute atomic E-state index is 0.0288. The number of hydrogen-bond acceptors (Lipinski definition) is 5. The van der Waals surface area contributed by atoms with E-state index < -0.39 is 36.3 Å². The number of carbonyl (C=O) groups is 4. The molecule has 0 aliphatic carbocycles. The number of amides is 3. The zero-order valence-corrected chi connectivity index (χ0v) is 22.7. The molecule has 208 valence electrons. The number of likely N-dealkylation sites (N-methyl/N-ethyl adjacent to an activating group) is 1. The number of benzene rings is 3. The van der Waals surface area contributed by atoms with Gasteiger partial charge < -0.3 is 32.1 Å². The molecule has 11 nitrogen and oxygen atoms in total. The topological polar surface area (TPSA) is 180 Å². The zero-order chi connectivity index (χ0) is 29.4. The summed E-state index contributed by atoms with van der Waals surface area (Å²) in [5, 5.41) is 14.4. The quantitative estimate of drug-likeness (QED) is 0.179. The first kappa shape index (κ1) is 29.9. The van der Waals surface area contributed by atoms with Crippen LogP contribution in [0.1, 0.15) is 20.7 Å². The van der Waals surface area contributed by atoms with E-state index in [2.05, 4.69) is 15.6 Å². The van der Waals surface area contributed by atoms with Gasteiger partial charge in [0.15, 0.2) is 5.96 Å². The van der Waals surface area contributed by atoms with Gasteiger partial charge in [0.25, 0.3) is 11.8 Å². The van der Waals surface area contributed by atoms with Crippen molar-refractivity contribution in [2.45, 2.75) is 6.04 Å². The fraction of sp³-hybridized carbons (Fsp3) is 0.148. The van der Waals surface area contributed by atoms with Crippen LogP contribution in [0.4, 0.5) is 5.69 Å². The summed E-state index contributed by atoms with van der Waals surface area (Å²) in [5.74, 6) is -3.55. The van der Waals surface area contributed by atoms with E-state index in [9.17, 15) is 24.3 Å². The summed E-state index contributed by atoms with van der Waals surface area (Å²) in [7, 11) is 1.40. The third-order valence-corrected chi connectivity index (χ3v) is 6.16. The molecule has 7 N–H and O–H groups in total. The van der Waals surface area contributed by atoms with E-state index in [-0.39, 0.29) is 33.7 Å². The molecule has 0 fully saturated rings. The van der Waals surface area contributed by atoms with Gasteiger partial charge in [-0.2, -0.15) is 0 Å². The molecule has 0 saturated heterocycles. The molecule has 0 aliphatic heterocycles. The normalized spacial score (nSPS) is 11.2. The van der Waals surface area contributed by atoms with Crippen LogP contribution in [-0.4, -0.2) is 65.8 Å². The molecule has 0 unspecified atom stereocenters. The molecule has 3 rings (SSSR count). The second-order valence-electron chi connectivity index (χ2n) is 8.60. The van der Waals surface area contributed by atoms with E-state index in [1.807, 2.05) is 30.3 Å². The molecule has 3 aromatic rings. The molecule has 1 atom stereocenters. The first-order valence-electron chi connectivity index (χ1n) is 11.8. The number of nitrogens with one attached hydrogen (secondary N) is 2. The summed E-state index contributed by atoms with van der Waals surface area (Å²) in [4.78, 5) is 54.8. The lowest BCUT2D eigenvalue weighted by atomic mass is 10.0. The number of nitrogens with two attached hydrogens (primary N) is 2. The predicted octanol–water partition coefficient (Wildman–Crippen LogP) is 2.64. The van der Waals surface area contributed by atoms with E-state index in [1.165, 1.54) is 19.2 Å². The number of carbonyl (C=O) groups excluding carboxylic acids is 3. The van der Waals surface area contributed by atoms with Crippen molar-refractivity contribution in [3.05, 3.63) is 87.9 Å². The molecule has 0 bridgehead atoms. The van der Waals surface area contributed by atoms with Gasteiger partial charge in [-0.15, -0.1) is 0 Å². The van der Waals surface area contributed by atoms with Crippen LogP contribution in [0.5, 0.6) is 0 Å². The number of carboxylic acid groups (broad SMARTS) is 1. The molecule has 40 heavy (non-hydrogen) atoms. The van der Waals surface area contributed by atoms with Crippen molar-refractivity contribution in [2.75, 3.05) is 20.1 Å². The Morgan fingerprint density at radius 2 is 1.60 bits per heavy atom. The smallest absolute Gasteiger partial charge is 0.328 e. The zero-order valence-electron chi connectivity index (χ0n) is 21.2. The van der Waals surface area contributed by atoms with Crippen molar-refractivity contribution in [1.82, 2.24) is 15.5 Å². The van der Waals surface area contributed by atoms with Gasteiger partial charge >= 0.3 is 5.97 Å². The van der Waals surface area contributed by atoms with Crippen LogP contribution in [0.2, 0.25) is 10.0 Å². The van der Waals surface area contributed by atoms with Gasteiger partial charge in [0.2, 0.25) is 5.91 Å². The number of halogens is 2. The van der Waals surface area contributed by atoms with Crippen LogP contribution in [0.15, 0.2) is 71.7 Å². The average molecular weight is 585 g/mol. The van der Waals surface area contributed by atoms with E-state index in [0.29, 0.717) is 11.3 Å². The van der Waals surface area contributed by atoms with Gasteiger partial charge in [0, 0.05) is 19.2 Å². The van der Waals surface area contributed by atoms with E-state index in [1.54, 1.807) is 24.3 Å². The lowest BCUT2D eigenvalue weighted by Crippen LogP contribution is -2.50. The maximum atomic E-state index is 12.9. The largest absolute Gasteiger partial charge is 0.480 e. The van der Waals surface area contributed by atoms with Gasteiger partial charge in [-0.3, -0.25) is 14.4 Å². The monoisotopic (exact) mass is 584 g/mol. The Morgan fingerprint density at radius 1 is 0.950 bits per heavy atom. The number of aliphatic carboxylic acids is 1. The van der Waals surface area contributed by atoms with Gasteiger partial charge in [0.1, 0.15) is 6.04 Å². The molecule has 3 amide bonds. The van der Waals surface area contributed by atoms with E-state index in [4.69, 9.17) is 34.7 Å². The molecule has 0 aromatic heterocycles. The summed E-state index contributed by atoms with van der Waals surface area (Å²) in [6, 6.07) is 17.0. The Balaban J connectivity index is 1.62. The fourth-order valence-corrected chi connectivity index (χ4v) is 4.31. The van der Waals surface area contributed by atoms with Crippen molar-refractivity contribution < 1.29 is 24.3 Å². The van der Waals surface area contributed by atoms with Gasteiger partial charge in [-0.25, -0.2) is 9.79 Å². The molecule has 0 heterocycles. The van der Waals surface area contributed by atoms with E-state index in [0.717, 1.165) is 10.5 Å². The Bertz CT molecular complexity index is 1440. The maximum absolute atomic E-state index is 12.9. The fourth-order valence-electron chi connectivity index (χ4n) is 3.65. The number of nitrogens with zero attached hydrogens (tertiary/aromatic N) is 2. The Kier molecular flexibility index (Phi) is 10.1. The standard InChI is InChI=1S/C27H26Cl2N6O5/c1-35(25(38)16-8-5-9-18(10-16)33-27(30)31)14-22(36)32-13-21(26(39)40)34-24(37)23-19(28)11-17(12-20(23)29)15-6-3-2-4-7-15/h2-12,21H,13-14H2,1H3,(H,32,36)(H,34,37)(H,39,40)(H4,30,31,33)/t21-/m1/s1. The third-order valence-electron chi connectivity index (χ3n) is 5.56. The molecule has 3 aromatic carbocycles. The number of guanidine groups is 1. The molecular weight excluding hydrogens is 559 g/mol. The predicted molar refractivity (Wildman–Crippen MR) is 153 cm³/mol. The molecule has 0 aliphatic rings. The summed E-state index contributed by atoms with van der Waals surface area (Å²) in [6.45, 7) is -0.844. The Hall–Kier alpha value is -4.61. The van der Waals surface area contributed by atoms with Crippen LogP contribution in [0, 0.1) is 0 Å². The first-order chi connectivity index (χ1) is 19.0. The SMILES string of the molecule is CN(CC(=O)NC[C@@H](NC(=O)c1c(Cl)cc(-c2ccccc2)cc1Cl)C(=O)O)C(=O)c1cccc(N=C(N)N)c1. The van der Waals surface area contributed by atoms with Crippen LogP contribution >= 0.6 is 23.2 Å². The summed E-state index contributed by atoms with van der Waals surface area (Å²) >= 11 is 12.6. The van der Waals surface area contributed by atoms with Crippen LogP contribution in [0.3, 0.4) is 0 Å². The van der Waals surface area contributed by atoms with Crippen LogP contribution in [0.25, 0.3) is 11.1 Å². The number of rotatable bonds is 10. The highest BCUT2D eigenvalue weighted by molar-refractivity contribution is 6.40. The van der Waals surface area contributed by atoms with Crippen molar-refractivity contribution in [2.24, 2.45) is 16.5 Å². The molecule has 13 heteroatoms. The van der Waals surface area contributed by atoms with Crippen molar-refractivity contribution in [3.63, 3.8) is 0 Å². The second kappa shape index (κ2) is 13.5. The van der Waals surface area contributed by atoms with Gasteiger partial charge in [-0.05, 0) is 41.5 Å². The van der Waals surface area contributed by atoms with Crippen LogP contribution in [-0.2, 0) is 9.59 Å². The number of hydrogen-bond donors (Lipinski definition) is 5. The maximum Gasteiger partial charge on any atom is 0.328 e. The minimum Gasteiger partial charge on any atom is -0.480 e. The van der Waals surface area contributed by atoms with Crippen molar-refractivity contribution >= 4 is 58.5 Å². The highest BCUT2D eigenvalue weighted by Gasteiger charge is 2.25. The van der Waals surface area contributed by atoms with E-state index >= 15 is 0 Å². The molecular formula is C27H26Cl2N6O5. The molecule has 0 radical (unpaired) electrons. The third kappa shape index (κ3) is 7.95. The van der Waals surface area contributed by atoms with Gasteiger partial charge in [0.05, 0.1) is 27.8 Å². The highest BCUT2D eigenvalue weighted by Crippen LogP contribution is 2.31. The van der Waals surface area contributed by atoms with Gasteiger partial charge in [-0.1, -0.05) is 59.6 Å². The number of carboxylic acids is 1.